The first-order valence-electron chi connectivity index (χ1n) is 12.5. The molecule has 2 aliphatic rings. The third-order valence-corrected chi connectivity index (χ3v) is 10.3. The van der Waals surface area contributed by atoms with E-state index in [1.165, 1.54) is 11.8 Å². The van der Waals surface area contributed by atoms with Crippen LogP contribution in [0.4, 0.5) is 26.3 Å². The molecule has 1 unspecified atom stereocenters. The van der Waals surface area contributed by atoms with Crippen LogP contribution in [0.1, 0.15) is 64.0 Å². The maximum Gasteiger partial charge on any atom is 0.430 e. The number of hydrogen-bond acceptors (Lipinski definition) is 7. The van der Waals surface area contributed by atoms with Gasteiger partial charge in [0, 0.05) is 30.4 Å². The zero-order chi connectivity index (χ0) is 30.7. The lowest BCUT2D eigenvalue weighted by Gasteiger charge is -2.34. The van der Waals surface area contributed by atoms with Crippen LogP contribution in [0, 0.1) is 6.92 Å². The summed E-state index contributed by atoms with van der Waals surface area (Å²) in [5, 5.41) is 11.7. The molecule has 0 bridgehead atoms. The van der Waals surface area contributed by atoms with Crippen LogP contribution in [-0.4, -0.2) is 77.7 Å². The summed E-state index contributed by atoms with van der Waals surface area (Å²) in [6, 6.07) is 1.34. The largest absolute Gasteiger partial charge is 0.430 e. The monoisotopic (exact) mass is 627 g/mol. The first-order chi connectivity index (χ1) is 18.8. The maximum absolute atomic E-state index is 13.5. The lowest BCUT2D eigenvalue weighted by molar-refractivity contribution is -0.376. The number of nitrogens with zero attached hydrogens (tertiary/aromatic N) is 2. The molecule has 1 saturated heterocycles. The van der Waals surface area contributed by atoms with E-state index in [0.717, 1.165) is 23.7 Å². The molecule has 2 amide bonds. The lowest BCUT2D eigenvalue weighted by Crippen LogP contribution is -2.53. The molecular formula is C25H27F6N3O5S2. The summed E-state index contributed by atoms with van der Waals surface area (Å²) in [5.74, 6) is -1.24. The van der Waals surface area contributed by atoms with Gasteiger partial charge < -0.3 is 15.3 Å². The van der Waals surface area contributed by atoms with Crippen molar-refractivity contribution in [2.24, 2.45) is 0 Å². The molecular weight excluding hydrogens is 600 g/mol. The standard InChI is InChI=1S/C25H27F6N3O5S2/c1-12-9-14(23(37,24(26,27)28)25(29,30)31)6-7-17(12)19-18(22(36)34-8-4-5-13(34)2)33-21(40-19)20(35)32-15-10-16(11-15)41(3,38)39/h6-7,9,13,15-16,37H,4-5,8,10-11H2,1-3H3,(H,32,35). The smallest absolute Gasteiger partial charge is 0.369 e. The molecule has 41 heavy (non-hydrogen) atoms. The van der Waals surface area contributed by atoms with Crippen LogP contribution in [0.5, 0.6) is 0 Å². The van der Waals surface area contributed by atoms with Crippen molar-refractivity contribution in [1.82, 2.24) is 15.2 Å². The Kier molecular flexibility index (Phi) is 8.01. The molecule has 0 spiro atoms. The number of thiazole rings is 1. The molecule has 2 N–H and O–H groups in total. The molecule has 1 aliphatic heterocycles. The zero-order valence-electron chi connectivity index (χ0n) is 22.1. The van der Waals surface area contributed by atoms with E-state index < -0.39 is 56.5 Å². The first kappa shape index (κ1) is 31.2. The molecule has 226 valence electrons. The number of nitrogens with one attached hydrogen (secondary N) is 1. The number of benzene rings is 1. The fraction of sp³-hybridized carbons (Fsp3) is 0.560. The molecule has 2 aromatic rings. The van der Waals surface area contributed by atoms with Crippen molar-refractivity contribution in [3.8, 4) is 10.4 Å². The second-order valence-electron chi connectivity index (χ2n) is 10.5. The van der Waals surface area contributed by atoms with E-state index in [4.69, 9.17) is 0 Å². The number of sulfone groups is 1. The van der Waals surface area contributed by atoms with E-state index >= 15 is 0 Å². The van der Waals surface area contributed by atoms with Crippen LogP contribution in [0.2, 0.25) is 0 Å². The number of carbonyl (C=O) groups excluding carboxylic acids is 2. The average molecular weight is 628 g/mol. The van der Waals surface area contributed by atoms with Gasteiger partial charge in [0.15, 0.2) is 5.01 Å². The Hall–Kier alpha value is -2.72. The summed E-state index contributed by atoms with van der Waals surface area (Å²) in [6.45, 7) is 3.43. The maximum atomic E-state index is 13.5. The minimum atomic E-state index is -6.07. The highest BCUT2D eigenvalue weighted by molar-refractivity contribution is 7.91. The normalized spacial score (nSPS) is 22.0. The van der Waals surface area contributed by atoms with E-state index in [-0.39, 0.29) is 45.6 Å². The third-order valence-electron chi connectivity index (χ3n) is 7.58. The van der Waals surface area contributed by atoms with Gasteiger partial charge in [-0.1, -0.05) is 18.2 Å². The van der Waals surface area contributed by atoms with Gasteiger partial charge in [-0.15, -0.1) is 11.3 Å². The molecule has 1 aromatic heterocycles. The highest BCUT2D eigenvalue weighted by Gasteiger charge is 2.71. The number of alkyl halides is 6. The SMILES string of the molecule is Cc1cc(C(O)(C(F)(F)F)C(F)(F)F)ccc1-c1sc(C(=O)NC2CC(S(C)(=O)=O)C2)nc1C(=O)N1CCCC1C. The Morgan fingerprint density at radius 2 is 1.73 bits per heavy atom. The van der Waals surface area contributed by atoms with Crippen molar-refractivity contribution in [1.29, 1.82) is 0 Å². The Bertz CT molecular complexity index is 1450. The number of rotatable bonds is 6. The Morgan fingerprint density at radius 1 is 1.12 bits per heavy atom. The minimum Gasteiger partial charge on any atom is -0.369 e. The van der Waals surface area contributed by atoms with Gasteiger partial charge in [-0.05, 0) is 50.7 Å². The number of halogens is 6. The highest BCUT2D eigenvalue weighted by Crippen LogP contribution is 2.50. The summed E-state index contributed by atoms with van der Waals surface area (Å²) in [6.07, 6.45) is -9.23. The van der Waals surface area contributed by atoms with Gasteiger partial charge in [0.1, 0.15) is 15.5 Å². The second-order valence-corrected chi connectivity index (χ2v) is 13.8. The van der Waals surface area contributed by atoms with Gasteiger partial charge in [0.05, 0.1) is 10.1 Å². The van der Waals surface area contributed by atoms with Crippen molar-refractivity contribution in [2.75, 3.05) is 12.8 Å². The minimum absolute atomic E-state index is 0.0629. The van der Waals surface area contributed by atoms with Gasteiger partial charge in [0.25, 0.3) is 17.4 Å². The molecule has 2 fully saturated rings. The van der Waals surface area contributed by atoms with Crippen molar-refractivity contribution >= 4 is 33.0 Å². The van der Waals surface area contributed by atoms with E-state index in [9.17, 15) is 49.5 Å². The van der Waals surface area contributed by atoms with Gasteiger partial charge in [0.2, 0.25) is 0 Å². The van der Waals surface area contributed by atoms with E-state index in [0.29, 0.717) is 31.5 Å². The van der Waals surface area contributed by atoms with Crippen LogP contribution in [-0.2, 0) is 15.4 Å². The highest BCUT2D eigenvalue weighted by atomic mass is 32.2. The molecule has 0 radical (unpaired) electrons. The second kappa shape index (κ2) is 10.5. The molecule has 2 heterocycles. The fourth-order valence-corrected chi connectivity index (χ4v) is 7.24. The molecule has 1 aromatic carbocycles. The lowest BCUT2D eigenvalue weighted by atomic mass is 9.89. The van der Waals surface area contributed by atoms with Crippen LogP contribution >= 0.6 is 11.3 Å². The van der Waals surface area contributed by atoms with Crippen LogP contribution in [0.3, 0.4) is 0 Å². The Morgan fingerprint density at radius 3 is 2.22 bits per heavy atom. The van der Waals surface area contributed by atoms with Gasteiger partial charge in [-0.25, -0.2) is 13.4 Å². The molecule has 16 heteroatoms. The Labute approximate surface area is 235 Å². The molecule has 1 aliphatic carbocycles. The summed E-state index contributed by atoms with van der Waals surface area (Å²) in [7, 11) is -3.27. The first-order valence-corrected chi connectivity index (χ1v) is 15.3. The van der Waals surface area contributed by atoms with Gasteiger partial charge >= 0.3 is 12.4 Å². The average Bonchev–Trinajstić information content (AvgIpc) is 3.44. The predicted octanol–water partition coefficient (Wildman–Crippen LogP) is 4.36. The molecule has 1 atom stereocenters. The quantitative estimate of drug-likeness (QED) is 0.460. The van der Waals surface area contributed by atoms with Crippen molar-refractivity contribution < 1.29 is 49.5 Å². The Balaban J connectivity index is 1.73. The van der Waals surface area contributed by atoms with Crippen LogP contribution in [0.15, 0.2) is 18.2 Å². The summed E-state index contributed by atoms with van der Waals surface area (Å²) >= 11 is 0.735. The summed E-state index contributed by atoms with van der Waals surface area (Å²) < 4.78 is 104. The molecule has 1 saturated carbocycles. The number of aromatic nitrogens is 1. The van der Waals surface area contributed by atoms with Crippen molar-refractivity contribution in [3.05, 3.63) is 40.0 Å². The number of aliphatic hydroxyl groups is 1. The predicted molar refractivity (Wildman–Crippen MR) is 137 cm³/mol. The number of amides is 2. The third kappa shape index (κ3) is 5.69. The van der Waals surface area contributed by atoms with E-state index in [1.807, 2.05) is 6.92 Å². The molecule has 8 nitrogen and oxygen atoms in total. The van der Waals surface area contributed by atoms with Crippen molar-refractivity contribution in [3.63, 3.8) is 0 Å². The van der Waals surface area contributed by atoms with Gasteiger partial charge in [-0.3, -0.25) is 9.59 Å². The summed E-state index contributed by atoms with van der Waals surface area (Å²) in [4.78, 5) is 32.3. The fourth-order valence-electron chi connectivity index (χ4n) is 5.03. The molecule has 4 rings (SSSR count). The number of aryl methyl sites for hydroxylation is 1. The van der Waals surface area contributed by atoms with Gasteiger partial charge in [-0.2, -0.15) is 26.3 Å². The van der Waals surface area contributed by atoms with E-state index in [1.54, 1.807) is 0 Å². The number of hydrogen-bond donors (Lipinski definition) is 2. The van der Waals surface area contributed by atoms with Crippen molar-refractivity contribution in [2.45, 2.75) is 74.8 Å². The number of carbonyl (C=O) groups is 2. The van der Waals surface area contributed by atoms with E-state index in [2.05, 4.69) is 10.3 Å². The topological polar surface area (TPSA) is 117 Å². The van der Waals surface area contributed by atoms with Crippen LogP contribution in [0.25, 0.3) is 10.4 Å². The summed E-state index contributed by atoms with van der Waals surface area (Å²) in [5.41, 5.74) is -6.82. The zero-order valence-corrected chi connectivity index (χ0v) is 23.7. The van der Waals surface area contributed by atoms with Crippen LogP contribution < -0.4 is 5.32 Å². The number of likely N-dealkylation sites (tertiary alicyclic amines) is 1.